The second kappa shape index (κ2) is 5.48. The van der Waals surface area contributed by atoms with E-state index in [-0.39, 0.29) is 5.82 Å². The van der Waals surface area contributed by atoms with Crippen molar-refractivity contribution in [1.82, 2.24) is 9.78 Å². The Morgan fingerprint density at radius 3 is 2.52 bits per heavy atom. The van der Waals surface area contributed by atoms with Crippen LogP contribution in [0.4, 0.5) is 10.2 Å². The maximum Gasteiger partial charge on any atom is 0.129 e. The van der Waals surface area contributed by atoms with Crippen molar-refractivity contribution in [3.63, 3.8) is 0 Å². The van der Waals surface area contributed by atoms with E-state index >= 15 is 0 Å². The molecule has 0 aliphatic carbocycles. The molecule has 1 aromatic heterocycles. The van der Waals surface area contributed by atoms with E-state index < -0.39 is 0 Å². The molecule has 2 N–H and O–H groups in total. The van der Waals surface area contributed by atoms with Crippen LogP contribution in [0, 0.1) is 9.39 Å². The number of aromatic nitrogens is 2. The molecule has 3 nitrogen and oxygen atoms in total. The Bertz CT molecular complexity index is 797. The quantitative estimate of drug-likeness (QED) is 0.667. The molecule has 0 aliphatic rings. The van der Waals surface area contributed by atoms with Gasteiger partial charge < -0.3 is 5.73 Å². The zero-order valence-electron chi connectivity index (χ0n) is 11.3. The SMILES string of the molecule is Cn1nc(-c2ccc(F)cc2I)c(-c2ccccc2)c1N. The summed E-state index contributed by atoms with van der Waals surface area (Å²) in [6.45, 7) is 0. The molecule has 1 heterocycles. The summed E-state index contributed by atoms with van der Waals surface area (Å²) >= 11 is 2.12. The normalized spacial score (nSPS) is 10.8. The molecule has 0 aliphatic heterocycles. The number of anilines is 1. The second-order valence-electron chi connectivity index (χ2n) is 4.72. The van der Waals surface area contributed by atoms with Crippen LogP contribution < -0.4 is 5.73 Å². The van der Waals surface area contributed by atoms with Crippen LogP contribution in [0.1, 0.15) is 0 Å². The van der Waals surface area contributed by atoms with E-state index in [9.17, 15) is 4.39 Å². The zero-order valence-corrected chi connectivity index (χ0v) is 13.5. The third kappa shape index (κ3) is 2.53. The highest BCUT2D eigenvalue weighted by molar-refractivity contribution is 14.1. The zero-order chi connectivity index (χ0) is 15.0. The molecule has 3 aromatic rings. The van der Waals surface area contributed by atoms with Gasteiger partial charge in [0.05, 0.1) is 5.56 Å². The van der Waals surface area contributed by atoms with Gasteiger partial charge >= 0.3 is 0 Å². The average Bonchev–Trinajstić information content (AvgIpc) is 2.75. The molecule has 2 aromatic carbocycles. The minimum absolute atomic E-state index is 0.256. The van der Waals surface area contributed by atoms with Gasteiger partial charge in [-0.1, -0.05) is 30.3 Å². The molecule has 0 saturated carbocycles. The highest BCUT2D eigenvalue weighted by Gasteiger charge is 2.19. The number of rotatable bonds is 2. The summed E-state index contributed by atoms with van der Waals surface area (Å²) in [5, 5.41) is 4.51. The summed E-state index contributed by atoms with van der Waals surface area (Å²) in [7, 11) is 1.81. The fraction of sp³-hybridized carbons (Fsp3) is 0.0625. The van der Waals surface area contributed by atoms with E-state index in [1.807, 2.05) is 37.4 Å². The highest BCUT2D eigenvalue weighted by Crippen LogP contribution is 2.37. The number of halogens is 2. The molecule has 0 spiro atoms. The molecule has 21 heavy (non-hydrogen) atoms. The van der Waals surface area contributed by atoms with Gasteiger partial charge in [-0.25, -0.2) is 4.39 Å². The Hall–Kier alpha value is -1.89. The van der Waals surface area contributed by atoms with Gasteiger partial charge in [0, 0.05) is 16.2 Å². The number of nitrogen functional groups attached to an aromatic ring is 1. The molecule has 0 fully saturated rings. The maximum atomic E-state index is 13.3. The largest absolute Gasteiger partial charge is 0.383 e. The Morgan fingerprint density at radius 2 is 1.86 bits per heavy atom. The van der Waals surface area contributed by atoms with Crippen molar-refractivity contribution in [2.24, 2.45) is 7.05 Å². The topological polar surface area (TPSA) is 43.8 Å². The van der Waals surface area contributed by atoms with Crippen LogP contribution in [0.15, 0.2) is 48.5 Å². The minimum atomic E-state index is -0.256. The van der Waals surface area contributed by atoms with E-state index in [1.165, 1.54) is 12.1 Å². The Balaban J connectivity index is 2.27. The molecular formula is C16H13FIN3. The molecule has 3 rings (SSSR count). The summed E-state index contributed by atoms with van der Waals surface area (Å²) in [4.78, 5) is 0. The van der Waals surface area contributed by atoms with Crippen molar-refractivity contribution in [3.8, 4) is 22.4 Å². The van der Waals surface area contributed by atoms with Gasteiger partial charge in [-0.15, -0.1) is 0 Å². The van der Waals surface area contributed by atoms with Crippen LogP contribution >= 0.6 is 22.6 Å². The smallest absolute Gasteiger partial charge is 0.129 e. The van der Waals surface area contributed by atoms with E-state index in [4.69, 9.17) is 5.73 Å². The van der Waals surface area contributed by atoms with E-state index in [0.29, 0.717) is 5.82 Å². The first kappa shape index (κ1) is 14.1. The third-order valence-electron chi connectivity index (χ3n) is 3.34. The van der Waals surface area contributed by atoms with Gasteiger partial charge in [0.1, 0.15) is 17.3 Å². The molecule has 106 valence electrons. The predicted octanol–water partition coefficient (Wildman–Crippen LogP) is 4.08. The van der Waals surface area contributed by atoms with Gasteiger partial charge in [-0.2, -0.15) is 5.10 Å². The predicted molar refractivity (Wildman–Crippen MR) is 91.2 cm³/mol. The number of benzene rings is 2. The molecule has 0 atom stereocenters. The van der Waals surface area contributed by atoms with Crippen molar-refractivity contribution < 1.29 is 4.39 Å². The van der Waals surface area contributed by atoms with Crippen molar-refractivity contribution in [2.75, 3.05) is 5.73 Å². The van der Waals surface area contributed by atoms with Crippen LogP contribution in [0.2, 0.25) is 0 Å². The van der Waals surface area contributed by atoms with Crippen molar-refractivity contribution in [1.29, 1.82) is 0 Å². The first-order chi connectivity index (χ1) is 10.1. The monoisotopic (exact) mass is 393 g/mol. The lowest BCUT2D eigenvalue weighted by Crippen LogP contribution is -1.97. The summed E-state index contributed by atoms with van der Waals surface area (Å²) < 4.78 is 15.8. The molecule has 5 heteroatoms. The molecule has 0 amide bonds. The molecular weight excluding hydrogens is 380 g/mol. The van der Waals surface area contributed by atoms with E-state index in [0.717, 1.165) is 26.0 Å². The van der Waals surface area contributed by atoms with E-state index in [1.54, 1.807) is 10.7 Å². The van der Waals surface area contributed by atoms with Crippen molar-refractivity contribution in [3.05, 3.63) is 57.9 Å². The lowest BCUT2D eigenvalue weighted by atomic mass is 10.0. The second-order valence-corrected chi connectivity index (χ2v) is 5.88. The van der Waals surface area contributed by atoms with Gasteiger partial charge in [0.15, 0.2) is 0 Å². The fourth-order valence-corrected chi connectivity index (χ4v) is 3.03. The standard InChI is InChI=1S/C16H13FIN3/c1-21-16(19)14(10-5-3-2-4-6-10)15(20-21)12-8-7-11(17)9-13(12)18/h2-9H,19H2,1H3. The summed E-state index contributed by atoms with van der Waals surface area (Å²) in [5.41, 5.74) is 9.70. The Kier molecular flexibility index (Phi) is 3.67. The third-order valence-corrected chi connectivity index (χ3v) is 4.23. The lowest BCUT2D eigenvalue weighted by Gasteiger charge is -2.06. The van der Waals surface area contributed by atoms with Crippen LogP contribution in [0.25, 0.3) is 22.4 Å². The number of hydrogen-bond acceptors (Lipinski definition) is 2. The van der Waals surface area contributed by atoms with Gasteiger partial charge in [-0.05, 0) is 46.4 Å². The molecule has 0 saturated heterocycles. The first-order valence-corrected chi connectivity index (χ1v) is 7.49. The average molecular weight is 393 g/mol. The fourth-order valence-electron chi connectivity index (χ4n) is 2.30. The van der Waals surface area contributed by atoms with Crippen LogP contribution in [0.3, 0.4) is 0 Å². The number of hydrogen-bond donors (Lipinski definition) is 1. The Labute approximate surface area is 135 Å². The van der Waals surface area contributed by atoms with Crippen LogP contribution in [-0.4, -0.2) is 9.78 Å². The molecule has 0 unspecified atom stereocenters. The van der Waals surface area contributed by atoms with Crippen LogP contribution in [0.5, 0.6) is 0 Å². The summed E-state index contributed by atoms with van der Waals surface area (Å²) in [6, 6.07) is 14.5. The summed E-state index contributed by atoms with van der Waals surface area (Å²) in [6.07, 6.45) is 0. The van der Waals surface area contributed by atoms with Gasteiger partial charge in [0.25, 0.3) is 0 Å². The highest BCUT2D eigenvalue weighted by atomic mass is 127. The summed E-state index contributed by atoms with van der Waals surface area (Å²) in [5.74, 6) is 0.338. The lowest BCUT2D eigenvalue weighted by molar-refractivity contribution is 0.627. The maximum absolute atomic E-state index is 13.3. The number of nitrogens with zero attached hydrogens (tertiary/aromatic N) is 2. The number of nitrogens with two attached hydrogens (primary N) is 1. The van der Waals surface area contributed by atoms with Crippen molar-refractivity contribution in [2.45, 2.75) is 0 Å². The van der Waals surface area contributed by atoms with Gasteiger partial charge in [0.2, 0.25) is 0 Å². The molecule has 0 bridgehead atoms. The van der Waals surface area contributed by atoms with Crippen molar-refractivity contribution >= 4 is 28.4 Å². The Morgan fingerprint density at radius 1 is 1.14 bits per heavy atom. The number of aryl methyl sites for hydroxylation is 1. The molecule has 0 radical (unpaired) electrons. The van der Waals surface area contributed by atoms with Crippen LogP contribution in [-0.2, 0) is 7.05 Å². The minimum Gasteiger partial charge on any atom is -0.383 e. The van der Waals surface area contributed by atoms with E-state index in [2.05, 4.69) is 27.7 Å². The van der Waals surface area contributed by atoms with Gasteiger partial charge in [-0.3, -0.25) is 4.68 Å². The first-order valence-electron chi connectivity index (χ1n) is 6.41.